The van der Waals surface area contributed by atoms with Crippen LogP contribution in [0.1, 0.15) is 81.1 Å². The van der Waals surface area contributed by atoms with Crippen LogP contribution in [0, 0.1) is 5.41 Å². The molecule has 1 atom stereocenters. The Kier molecular flexibility index (Phi) is 19.9. The first-order valence-corrected chi connectivity index (χ1v) is 7.68. The van der Waals surface area contributed by atoms with Gasteiger partial charge < -0.3 is 14.3 Å². The van der Waals surface area contributed by atoms with Crippen LogP contribution in [0.2, 0.25) is 0 Å². The zero-order valence-electron chi connectivity index (χ0n) is 14.9. The smallest absolute Gasteiger partial charge is 0.148 e. The molecule has 0 aliphatic carbocycles. The molecule has 0 saturated heterocycles. The number of carbonyl (C=O) groups excluding carboxylic acids is 2. The number of Topliss-reactive ketones (excluding diaryl/α,β-unsaturated/α-hetero) is 1. The molecule has 0 bridgehead atoms. The van der Waals surface area contributed by atoms with Crippen LogP contribution in [-0.2, 0) is 14.3 Å². The van der Waals surface area contributed by atoms with Crippen LogP contribution in [0.5, 0.6) is 0 Å². The molecule has 0 aromatic heterocycles. The number of aldehydes is 1. The standard InChI is InChI=1S/C7H14O2.C7H16.C3H6O/c1-3-5-9-7(4-2)6-8;1-5-6-7(2,3)4;1-3(2)4/h6-7H,3-5H2,1-2H3;5-6H2,1-4H3;1-2H3. The second-order valence-corrected chi connectivity index (χ2v) is 6.17. The van der Waals surface area contributed by atoms with Gasteiger partial charge in [0.2, 0.25) is 0 Å². The third-order valence-electron chi connectivity index (χ3n) is 2.09. The monoisotopic (exact) mass is 288 g/mol. The van der Waals surface area contributed by atoms with Crippen molar-refractivity contribution in [2.75, 3.05) is 6.61 Å². The van der Waals surface area contributed by atoms with Crippen LogP contribution in [0.25, 0.3) is 0 Å². The van der Waals surface area contributed by atoms with Crippen molar-refractivity contribution in [2.24, 2.45) is 5.41 Å². The van der Waals surface area contributed by atoms with Gasteiger partial charge in [0.05, 0.1) is 0 Å². The summed E-state index contributed by atoms with van der Waals surface area (Å²) in [6.07, 6.45) is 5.09. The highest BCUT2D eigenvalue weighted by Crippen LogP contribution is 2.19. The van der Waals surface area contributed by atoms with Gasteiger partial charge in [0.25, 0.3) is 0 Å². The van der Waals surface area contributed by atoms with E-state index in [0.29, 0.717) is 12.0 Å². The molecule has 0 spiro atoms. The molecule has 122 valence electrons. The Morgan fingerprint density at radius 1 is 1.10 bits per heavy atom. The fraction of sp³-hybridized carbons (Fsp3) is 0.882. The minimum absolute atomic E-state index is 0.167. The summed E-state index contributed by atoms with van der Waals surface area (Å²) in [5, 5.41) is 0. The minimum atomic E-state index is -0.176. The van der Waals surface area contributed by atoms with Crippen molar-refractivity contribution in [3.8, 4) is 0 Å². The first-order chi connectivity index (χ1) is 9.14. The van der Waals surface area contributed by atoms with Gasteiger partial charge in [0, 0.05) is 6.61 Å². The number of ether oxygens (including phenoxy) is 1. The zero-order valence-corrected chi connectivity index (χ0v) is 14.9. The third kappa shape index (κ3) is 36.0. The van der Waals surface area contributed by atoms with Crippen molar-refractivity contribution in [3.63, 3.8) is 0 Å². The molecule has 3 heteroatoms. The average Bonchev–Trinajstić information content (AvgIpc) is 2.29. The molecule has 0 aromatic carbocycles. The fourth-order valence-corrected chi connectivity index (χ4v) is 1.27. The van der Waals surface area contributed by atoms with E-state index in [9.17, 15) is 9.59 Å². The molecule has 0 rings (SSSR count). The normalized spacial score (nSPS) is 11.4. The van der Waals surface area contributed by atoms with Crippen LogP contribution in [-0.4, -0.2) is 24.8 Å². The van der Waals surface area contributed by atoms with Crippen molar-refractivity contribution in [3.05, 3.63) is 0 Å². The highest BCUT2D eigenvalue weighted by Gasteiger charge is 2.06. The van der Waals surface area contributed by atoms with E-state index >= 15 is 0 Å². The van der Waals surface area contributed by atoms with Gasteiger partial charge in [-0.25, -0.2) is 0 Å². The molecule has 0 heterocycles. The van der Waals surface area contributed by atoms with Gasteiger partial charge in [-0.05, 0) is 38.5 Å². The van der Waals surface area contributed by atoms with Crippen LogP contribution >= 0.6 is 0 Å². The van der Waals surface area contributed by atoms with Gasteiger partial charge in [-0.2, -0.15) is 0 Å². The lowest BCUT2D eigenvalue weighted by Crippen LogP contribution is -2.13. The maximum absolute atomic E-state index is 10.1. The maximum atomic E-state index is 10.1. The largest absolute Gasteiger partial charge is 0.371 e. The van der Waals surface area contributed by atoms with Gasteiger partial charge >= 0.3 is 0 Å². The number of hydrogen-bond donors (Lipinski definition) is 0. The first kappa shape index (κ1) is 24.3. The van der Waals surface area contributed by atoms with E-state index in [0.717, 1.165) is 19.1 Å². The second-order valence-electron chi connectivity index (χ2n) is 6.17. The predicted molar refractivity (Wildman–Crippen MR) is 87.1 cm³/mol. The van der Waals surface area contributed by atoms with E-state index in [1.54, 1.807) is 0 Å². The van der Waals surface area contributed by atoms with E-state index in [-0.39, 0.29) is 11.9 Å². The van der Waals surface area contributed by atoms with Crippen molar-refractivity contribution in [1.82, 2.24) is 0 Å². The summed E-state index contributed by atoms with van der Waals surface area (Å²) in [5.74, 6) is 0.167. The average molecular weight is 288 g/mol. The molecular formula is C17H36O3. The Labute approximate surface area is 126 Å². The van der Waals surface area contributed by atoms with Crippen LogP contribution < -0.4 is 0 Å². The number of rotatable bonds is 6. The topological polar surface area (TPSA) is 43.4 Å². The van der Waals surface area contributed by atoms with Crippen molar-refractivity contribution < 1.29 is 14.3 Å². The third-order valence-corrected chi connectivity index (χ3v) is 2.09. The Balaban J connectivity index is -0.000000234. The van der Waals surface area contributed by atoms with Gasteiger partial charge in [-0.3, -0.25) is 0 Å². The van der Waals surface area contributed by atoms with Crippen molar-refractivity contribution in [2.45, 2.75) is 87.2 Å². The molecule has 20 heavy (non-hydrogen) atoms. The van der Waals surface area contributed by atoms with Gasteiger partial charge in [0.1, 0.15) is 18.2 Å². The maximum Gasteiger partial charge on any atom is 0.148 e. The number of ketones is 1. The molecule has 3 nitrogen and oxygen atoms in total. The summed E-state index contributed by atoms with van der Waals surface area (Å²) >= 11 is 0. The van der Waals surface area contributed by atoms with E-state index in [2.05, 4.69) is 27.7 Å². The van der Waals surface area contributed by atoms with Crippen molar-refractivity contribution in [1.29, 1.82) is 0 Å². The lowest BCUT2D eigenvalue weighted by atomic mass is 9.91. The zero-order chi connectivity index (χ0) is 16.6. The lowest BCUT2D eigenvalue weighted by Gasteiger charge is -2.15. The summed E-state index contributed by atoms with van der Waals surface area (Å²) in [4.78, 5) is 19.6. The summed E-state index contributed by atoms with van der Waals surface area (Å²) in [6.45, 7) is 16.8. The molecule has 0 radical (unpaired) electrons. The highest BCUT2D eigenvalue weighted by atomic mass is 16.5. The van der Waals surface area contributed by atoms with E-state index < -0.39 is 0 Å². The molecular weight excluding hydrogens is 252 g/mol. The SMILES string of the molecule is CC(C)=O.CCCC(C)(C)C.CCCOC(C=O)CC. The van der Waals surface area contributed by atoms with Gasteiger partial charge in [-0.15, -0.1) is 0 Å². The van der Waals surface area contributed by atoms with Crippen LogP contribution in [0.3, 0.4) is 0 Å². The molecule has 0 aliphatic rings. The van der Waals surface area contributed by atoms with Crippen LogP contribution in [0.15, 0.2) is 0 Å². The summed E-state index contributed by atoms with van der Waals surface area (Å²) in [6, 6.07) is 0. The summed E-state index contributed by atoms with van der Waals surface area (Å²) in [5.41, 5.74) is 0.550. The summed E-state index contributed by atoms with van der Waals surface area (Å²) < 4.78 is 5.12. The molecule has 0 aliphatic heterocycles. The van der Waals surface area contributed by atoms with E-state index in [1.807, 2.05) is 13.8 Å². The Hall–Kier alpha value is -0.700. The number of carbonyl (C=O) groups is 2. The Bertz CT molecular complexity index is 213. The lowest BCUT2D eigenvalue weighted by molar-refractivity contribution is -0.118. The summed E-state index contributed by atoms with van der Waals surface area (Å²) in [7, 11) is 0. The van der Waals surface area contributed by atoms with E-state index in [1.165, 1.54) is 26.7 Å². The molecule has 0 N–H and O–H groups in total. The quantitative estimate of drug-likeness (QED) is 0.658. The second kappa shape index (κ2) is 16.4. The fourth-order valence-electron chi connectivity index (χ4n) is 1.27. The van der Waals surface area contributed by atoms with Crippen molar-refractivity contribution >= 4 is 12.1 Å². The van der Waals surface area contributed by atoms with Gasteiger partial charge in [0.15, 0.2) is 0 Å². The molecule has 0 amide bonds. The molecule has 1 unspecified atom stereocenters. The number of hydrogen-bond acceptors (Lipinski definition) is 3. The highest BCUT2D eigenvalue weighted by molar-refractivity contribution is 5.72. The van der Waals surface area contributed by atoms with Crippen LogP contribution in [0.4, 0.5) is 0 Å². The Morgan fingerprint density at radius 2 is 1.55 bits per heavy atom. The minimum Gasteiger partial charge on any atom is -0.371 e. The Morgan fingerprint density at radius 3 is 1.70 bits per heavy atom. The molecule has 0 fully saturated rings. The van der Waals surface area contributed by atoms with E-state index in [4.69, 9.17) is 4.74 Å². The van der Waals surface area contributed by atoms with Gasteiger partial charge in [-0.1, -0.05) is 48.0 Å². The predicted octanol–water partition coefficient (Wildman–Crippen LogP) is 4.82. The first-order valence-electron chi connectivity index (χ1n) is 7.68. The molecule has 0 aromatic rings. The molecule has 0 saturated carbocycles.